The van der Waals surface area contributed by atoms with Crippen molar-refractivity contribution in [1.29, 1.82) is 0 Å². The van der Waals surface area contributed by atoms with Crippen molar-refractivity contribution in [2.45, 2.75) is 11.7 Å². The van der Waals surface area contributed by atoms with Crippen molar-refractivity contribution in [3.63, 3.8) is 0 Å². The van der Waals surface area contributed by atoms with E-state index in [9.17, 15) is 0 Å². The number of nitrogens with zero attached hydrogens (tertiary/aromatic N) is 4. The van der Waals surface area contributed by atoms with Gasteiger partial charge in [0.1, 0.15) is 5.82 Å². The molecule has 0 radical (unpaired) electrons. The van der Waals surface area contributed by atoms with Gasteiger partial charge in [0.2, 0.25) is 0 Å². The van der Waals surface area contributed by atoms with E-state index in [1.165, 1.54) is 0 Å². The first-order valence-corrected chi connectivity index (χ1v) is 8.29. The topological polar surface area (TPSA) is 35.6 Å². The lowest BCUT2D eigenvalue weighted by Gasteiger charge is -2.06. The van der Waals surface area contributed by atoms with E-state index >= 15 is 0 Å². The zero-order chi connectivity index (χ0) is 13.9. The molecule has 0 aliphatic rings. The van der Waals surface area contributed by atoms with E-state index in [2.05, 4.69) is 14.5 Å². The maximum Gasteiger partial charge on any atom is 0.167 e. The molecule has 104 valence electrons. The molecular formula is C13H13ClN4S2. The van der Waals surface area contributed by atoms with Crippen LogP contribution in [0.1, 0.15) is 0 Å². The number of thioether (sulfide) groups is 1. The maximum absolute atomic E-state index is 5.99. The second-order valence-electron chi connectivity index (χ2n) is 4.22. The van der Waals surface area contributed by atoms with E-state index in [0.717, 1.165) is 32.5 Å². The minimum atomic E-state index is 0.789. The van der Waals surface area contributed by atoms with Crippen molar-refractivity contribution >= 4 is 34.7 Å². The Kier molecular flexibility index (Phi) is 4.14. The van der Waals surface area contributed by atoms with Gasteiger partial charge in [0.25, 0.3) is 0 Å². The van der Waals surface area contributed by atoms with Gasteiger partial charge >= 0.3 is 0 Å². The third-order valence-corrected chi connectivity index (χ3v) is 5.11. The van der Waals surface area contributed by atoms with E-state index in [-0.39, 0.29) is 0 Å². The molecule has 0 fully saturated rings. The van der Waals surface area contributed by atoms with Crippen molar-refractivity contribution in [1.82, 2.24) is 19.1 Å². The van der Waals surface area contributed by atoms with Gasteiger partial charge in [0.05, 0.1) is 9.21 Å². The lowest BCUT2D eigenvalue weighted by molar-refractivity contribution is 0.765. The summed E-state index contributed by atoms with van der Waals surface area (Å²) in [5, 5.41) is 1.03. The number of hydrogen-bond acceptors (Lipinski definition) is 4. The van der Waals surface area contributed by atoms with Gasteiger partial charge in [-0.05, 0) is 12.1 Å². The summed E-state index contributed by atoms with van der Waals surface area (Å²) in [6.45, 7) is 0.891. The van der Waals surface area contributed by atoms with Gasteiger partial charge in [-0.3, -0.25) is 0 Å². The molecule has 0 amide bonds. The van der Waals surface area contributed by atoms with Crippen LogP contribution in [0.15, 0.2) is 42.1 Å². The lowest BCUT2D eigenvalue weighted by Crippen LogP contribution is -2.02. The van der Waals surface area contributed by atoms with E-state index in [0.29, 0.717) is 0 Å². The van der Waals surface area contributed by atoms with Gasteiger partial charge in [-0.25, -0.2) is 9.97 Å². The van der Waals surface area contributed by atoms with Crippen molar-refractivity contribution in [2.75, 3.05) is 5.75 Å². The molecule has 0 aromatic carbocycles. The molecule has 0 aliphatic heterocycles. The molecule has 0 saturated carbocycles. The molecule has 7 heteroatoms. The zero-order valence-corrected chi connectivity index (χ0v) is 13.3. The van der Waals surface area contributed by atoms with Crippen molar-refractivity contribution < 1.29 is 0 Å². The van der Waals surface area contributed by atoms with Gasteiger partial charge in [-0.1, -0.05) is 23.4 Å². The summed E-state index contributed by atoms with van der Waals surface area (Å²) in [5.41, 5.74) is 0. The Labute approximate surface area is 130 Å². The normalized spacial score (nSPS) is 11.1. The number of hydrogen-bond donors (Lipinski definition) is 0. The Morgan fingerprint density at radius 2 is 2.10 bits per heavy atom. The smallest absolute Gasteiger partial charge is 0.167 e. The predicted molar refractivity (Wildman–Crippen MR) is 84.5 cm³/mol. The summed E-state index contributed by atoms with van der Waals surface area (Å²) >= 11 is 9.28. The van der Waals surface area contributed by atoms with Crippen LogP contribution in [0.3, 0.4) is 0 Å². The number of aromatic nitrogens is 4. The van der Waals surface area contributed by atoms with Crippen molar-refractivity contribution in [3.05, 3.63) is 41.3 Å². The molecular weight excluding hydrogens is 312 g/mol. The van der Waals surface area contributed by atoms with Crippen LogP contribution >= 0.6 is 34.7 Å². The molecule has 3 aromatic heterocycles. The molecule has 0 aliphatic carbocycles. The highest BCUT2D eigenvalue weighted by molar-refractivity contribution is 7.99. The molecule has 3 heterocycles. The van der Waals surface area contributed by atoms with Gasteiger partial charge in [0.15, 0.2) is 5.16 Å². The Hall–Kier alpha value is -1.24. The zero-order valence-electron chi connectivity index (χ0n) is 10.9. The number of halogens is 1. The van der Waals surface area contributed by atoms with E-state index in [1.54, 1.807) is 23.1 Å². The standard InChI is InChI=1S/C13H13ClN4S2/c1-17-6-4-16-13(17)19-9-8-18-7-5-15-12(18)10-2-3-11(14)20-10/h2-7H,8-9H2,1H3. The van der Waals surface area contributed by atoms with Crippen LogP contribution in [-0.4, -0.2) is 24.9 Å². The summed E-state index contributed by atoms with van der Waals surface area (Å²) in [5.74, 6) is 1.93. The highest BCUT2D eigenvalue weighted by Crippen LogP contribution is 2.30. The van der Waals surface area contributed by atoms with Gasteiger partial charge in [0, 0.05) is 44.1 Å². The molecule has 0 atom stereocenters. The Balaban J connectivity index is 1.67. The van der Waals surface area contributed by atoms with Crippen LogP contribution in [0.5, 0.6) is 0 Å². The van der Waals surface area contributed by atoms with E-state index in [4.69, 9.17) is 11.6 Å². The van der Waals surface area contributed by atoms with Crippen LogP contribution in [0, 0.1) is 0 Å². The quantitative estimate of drug-likeness (QED) is 0.670. The van der Waals surface area contributed by atoms with Gasteiger partial charge in [-0.15, -0.1) is 11.3 Å². The van der Waals surface area contributed by atoms with Crippen molar-refractivity contribution in [2.24, 2.45) is 7.05 Å². The van der Waals surface area contributed by atoms with Crippen LogP contribution in [0.2, 0.25) is 4.34 Å². The highest BCUT2D eigenvalue weighted by atomic mass is 35.5. The summed E-state index contributed by atoms with van der Waals surface area (Å²) < 4.78 is 4.97. The summed E-state index contributed by atoms with van der Waals surface area (Å²) in [7, 11) is 2.01. The largest absolute Gasteiger partial charge is 0.329 e. The predicted octanol–water partition coefficient (Wildman–Crippen LogP) is 3.79. The molecule has 0 N–H and O–H groups in total. The van der Waals surface area contributed by atoms with E-state index in [1.807, 2.05) is 48.5 Å². The maximum atomic E-state index is 5.99. The first-order valence-electron chi connectivity index (χ1n) is 6.11. The second-order valence-corrected chi connectivity index (χ2v) is 6.99. The van der Waals surface area contributed by atoms with Crippen LogP contribution in [0.4, 0.5) is 0 Å². The fraction of sp³-hybridized carbons (Fsp3) is 0.231. The van der Waals surface area contributed by atoms with Crippen LogP contribution in [-0.2, 0) is 13.6 Å². The number of aryl methyl sites for hydroxylation is 2. The monoisotopic (exact) mass is 324 g/mol. The average Bonchev–Trinajstić information content (AvgIpc) is 3.12. The van der Waals surface area contributed by atoms with Crippen LogP contribution in [0.25, 0.3) is 10.7 Å². The third kappa shape index (κ3) is 2.92. The summed E-state index contributed by atoms with van der Waals surface area (Å²) in [6.07, 6.45) is 7.60. The average molecular weight is 325 g/mol. The number of rotatable bonds is 5. The number of imidazole rings is 2. The molecule has 0 saturated heterocycles. The van der Waals surface area contributed by atoms with Crippen molar-refractivity contribution in [3.8, 4) is 10.7 Å². The molecule has 0 bridgehead atoms. The summed E-state index contributed by atoms with van der Waals surface area (Å²) in [6, 6.07) is 3.92. The minimum Gasteiger partial charge on any atom is -0.329 e. The second kappa shape index (κ2) is 6.03. The Bertz CT molecular complexity index is 701. The van der Waals surface area contributed by atoms with Crippen LogP contribution < -0.4 is 0 Å². The Morgan fingerprint density at radius 1 is 1.25 bits per heavy atom. The fourth-order valence-electron chi connectivity index (χ4n) is 1.88. The first-order chi connectivity index (χ1) is 9.74. The summed E-state index contributed by atoms with van der Waals surface area (Å²) in [4.78, 5) is 9.82. The SMILES string of the molecule is Cn1ccnc1SCCn1ccnc1-c1ccc(Cl)s1. The molecule has 20 heavy (non-hydrogen) atoms. The lowest BCUT2D eigenvalue weighted by atomic mass is 10.4. The molecule has 0 spiro atoms. The Morgan fingerprint density at radius 3 is 2.80 bits per heavy atom. The third-order valence-electron chi connectivity index (χ3n) is 2.85. The highest BCUT2D eigenvalue weighted by Gasteiger charge is 2.09. The molecule has 3 aromatic rings. The first kappa shape index (κ1) is 13.7. The van der Waals surface area contributed by atoms with Gasteiger partial charge in [-0.2, -0.15) is 0 Å². The minimum absolute atomic E-state index is 0.789. The van der Waals surface area contributed by atoms with Gasteiger partial charge < -0.3 is 9.13 Å². The molecule has 4 nitrogen and oxygen atoms in total. The molecule has 0 unspecified atom stereocenters. The van der Waals surface area contributed by atoms with E-state index < -0.39 is 0 Å². The number of thiophene rings is 1. The molecule has 3 rings (SSSR count). The fourth-order valence-corrected chi connectivity index (χ4v) is 3.80.